The average molecular weight is 198 g/mol. The first-order valence-electron chi connectivity index (χ1n) is 4.40. The van der Waals surface area contributed by atoms with E-state index < -0.39 is 5.06 Å². The zero-order chi connectivity index (χ0) is 9.15. The van der Waals surface area contributed by atoms with Crippen LogP contribution in [-0.2, 0) is 9.80 Å². The summed E-state index contributed by atoms with van der Waals surface area (Å²) in [7, 11) is 0. The third kappa shape index (κ3) is 1.85. The zero-order valence-corrected chi connectivity index (χ0v) is 8.05. The first kappa shape index (κ1) is 9.00. The molecule has 1 N–H and O–H groups in total. The van der Waals surface area contributed by atoms with Gasteiger partial charge in [-0.05, 0) is 0 Å². The number of hydrogen-bond donors (Lipinski definition) is 1. The van der Waals surface area contributed by atoms with Crippen LogP contribution in [0.25, 0.3) is 0 Å². The number of hydrogen-bond acceptors (Lipinski definition) is 2. The van der Waals surface area contributed by atoms with E-state index in [-0.39, 0.29) is 0 Å². The molecular weight excluding hydrogens is 186 g/mol. The SMILES string of the molecule is ClC1(c2ccccc2)CNCCO1. The highest BCUT2D eigenvalue weighted by molar-refractivity contribution is 6.23. The first-order chi connectivity index (χ1) is 6.31. The van der Waals surface area contributed by atoms with Crippen LogP contribution in [0.2, 0.25) is 0 Å². The summed E-state index contributed by atoms with van der Waals surface area (Å²) < 4.78 is 5.55. The quantitative estimate of drug-likeness (QED) is 0.692. The topological polar surface area (TPSA) is 21.3 Å². The lowest BCUT2D eigenvalue weighted by molar-refractivity contribution is -0.00740. The van der Waals surface area contributed by atoms with Gasteiger partial charge >= 0.3 is 0 Å². The molecule has 1 aliphatic heterocycles. The van der Waals surface area contributed by atoms with E-state index in [1.54, 1.807) is 0 Å². The second-order valence-corrected chi connectivity index (χ2v) is 3.73. The van der Waals surface area contributed by atoms with Gasteiger partial charge in [-0.15, -0.1) is 0 Å². The van der Waals surface area contributed by atoms with Crippen molar-refractivity contribution in [2.75, 3.05) is 19.7 Å². The van der Waals surface area contributed by atoms with Crippen molar-refractivity contribution in [3.63, 3.8) is 0 Å². The van der Waals surface area contributed by atoms with Gasteiger partial charge in [0.15, 0.2) is 5.06 Å². The van der Waals surface area contributed by atoms with Crippen LogP contribution in [0.3, 0.4) is 0 Å². The van der Waals surface area contributed by atoms with Gasteiger partial charge in [0.1, 0.15) is 0 Å². The van der Waals surface area contributed by atoms with Crippen LogP contribution in [0.4, 0.5) is 0 Å². The largest absolute Gasteiger partial charge is 0.353 e. The van der Waals surface area contributed by atoms with E-state index in [2.05, 4.69) is 5.32 Å². The Bertz CT molecular complexity index is 270. The van der Waals surface area contributed by atoms with Crippen LogP contribution in [-0.4, -0.2) is 19.7 Å². The molecule has 1 aromatic rings. The number of nitrogens with one attached hydrogen (secondary N) is 1. The lowest BCUT2D eigenvalue weighted by atomic mass is 10.1. The summed E-state index contributed by atoms with van der Waals surface area (Å²) >= 11 is 6.32. The molecule has 1 unspecified atom stereocenters. The molecule has 1 heterocycles. The fraction of sp³-hybridized carbons (Fsp3) is 0.400. The van der Waals surface area contributed by atoms with Crippen molar-refractivity contribution in [2.24, 2.45) is 0 Å². The van der Waals surface area contributed by atoms with Crippen LogP contribution < -0.4 is 5.32 Å². The van der Waals surface area contributed by atoms with Crippen molar-refractivity contribution < 1.29 is 4.74 Å². The van der Waals surface area contributed by atoms with Gasteiger partial charge in [-0.2, -0.15) is 0 Å². The Morgan fingerprint density at radius 2 is 2.08 bits per heavy atom. The van der Waals surface area contributed by atoms with Crippen molar-refractivity contribution in [1.82, 2.24) is 5.32 Å². The minimum absolute atomic E-state index is 0.665. The summed E-state index contributed by atoms with van der Waals surface area (Å²) in [6, 6.07) is 9.88. The van der Waals surface area contributed by atoms with Crippen molar-refractivity contribution in [3.8, 4) is 0 Å². The van der Waals surface area contributed by atoms with Crippen molar-refractivity contribution in [2.45, 2.75) is 5.06 Å². The molecule has 2 nitrogen and oxygen atoms in total. The normalized spacial score (nSPS) is 28.7. The van der Waals surface area contributed by atoms with Gasteiger partial charge in [0.05, 0.1) is 6.61 Å². The third-order valence-corrected chi connectivity index (χ3v) is 2.63. The molecule has 70 valence electrons. The molecule has 1 aliphatic rings. The Morgan fingerprint density at radius 1 is 1.31 bits per heavy atom. The molecule has 1 atom stereocenters. The molecule has 0 saturated carbocycles. The number of ether oxygens (including phenoxy) is 1. The fourth-order valence-electron chi connectivity index (χ4n) is 1.46. The molecule has 2 rings (SSSR count). The molecule has 3 heteroatoms. The smallest absolute Gasteiger partial charge is 0.179 e. The van der Waals surface area contributed by atoms with Crippen molar-refractivity contribution in [3.05, 3.63) is 35.9 Å². The molecule has 0 spiro atoms. The van der Waals surface area contributed by atoms with Crippen molar-refractivity contribution >= 4 is 11.6 Å². The van der Waals surface area contributed by atoms with Crippen LogP contribution in [0.5, 0.6) is 0 Å². The van der Waals surface area contributed by atoms with E-state index in [4.69, 9.17) is 16.3 Å². The maximum Gasteiger partial charge on any atom is 0.179 e. The van der Waals surface area contributed by atoms with E-state index in [0.29, 0.717) is 13.2 Å². The van der Waals surface area contributed by atoms with Gasteiger partial charge in [0.25, 0.3) is 0 Å². The summed E-state index contributed by atoms with van der Waals surface area (Å²) in [6.45, 7) is 2.21. The highest BCUT2D eigenvalue weighted by Gasteiger charge is 2.32. The molecule has 0 bridgehead atoms. The third-order valence-electron chi connectivity index (χ3n) is 2.17. The maximum atomic E-state index is 6.32. The van der Waals surface area contributed by atoms with Gasteiger partial charge in [-0.25, -0.2) is 0 Å². The van der Waals surface area contributed by atoms with E-state index in [0.717, 1.165) is 12.1 Å². The number of benzene rings is 1. The molecule has 1 aromatic carbocycles. The summed E-state index contributed by atoms with van der Waals surface area (Å²) in [5, 5.41) is 2.55. The predicted molar refractivity (Wildman–Crippen MR) is 52.8 cm³/mol. The van der Waals surface area contributed by atoms with E-state index >= 15 is 0 Å². The Kier molecular flexibility index (Phi) is 2.54. The first-order valence-corrected chi connectivity index (χ1v) is 4.78. The molecule has 0 aliphatic carbocycles. The molecule has 0 aromatic heterocycles. The van der Waals surface area contributed by atoms with Crippen LogP contribution in [0.15, 0.2) is 30.3 Å². The average Bonchev–Trinajstić information content (AvgIpc) is 2.20. The lowest BCUT2D eigenvalue weighted by Crippen LogP contribution is -2.43. The molecule has 0 radical (unpaired) electrons. The fourth-order valence-corrected chi connectivity index (χ4v) is 1.76. The summed E-state index contributed by atoms with van der Waals surface area (Å²) in [5.74, 6) is 0. The second kappa shape index (κ2) is 3.66. The number of halogens is 1. The Balaban J connectivity index is 2.23. The zero-order valence-electron chi connectivity index (χ0n) is 7.29. The highest BCUT2D eigenvalue weighted by Crippen LogP contribution is 2.30. The number of morpholine rings is 1. The van der Waals surface area contributed by atoms with Gasteiger partial charge in [0.2, 0.25) is 0 Å². The molecular formula is C10H12ClNO. The van der Waals surface area contributed by atoms with E-state index in [1.165, 1.54) is 0 Å². The molecule has 1 saturated heterocycles. The van der Waals surface area contributed by atoms with Crippen LogP contribution in [0.1, 0.15) is 5.56 Å². The highest BCUT2D eigenvalue weighted by atomic mass is 35.5. The Hall–Kier alpha value is -0.570. The summed E-state index contributed by atoms with van der Waals surface area (Å²) in [6.07, 6.45) is 0. The monoisotopic (exact) mass is 197 g/mol. The van der Waals surface area contributed by atoms with E-state index in [9.17, 15) is 0 Å². The minimum Gasteiger partial charge on any atom is -0.353 e. The maximum absolute atomic E-state index is 6.32. The lowest BCUT2D eigenvalue weighted by Gasteiger charge is -2.32. The Morgan fingerprint density at radius 3 is 2.69 bits per heavy atom. The molecule has 1 fully saturated rings. The minimum atomic E-state index is -0.667. The van der Waals surface area contributed by atoms with Gasteiger partial charge in [-0.3, -0.25) is 0 Å². The Labute approximate surface area is 82.9 Å². The summed E-state index contributed by atoms with van der Waals surface area (Å²) in [4.78, 5) is 0. The van der Waals surface area contributed by atoms with Gasteiger partial charge in [0, 0.05) is 18.7 Å². The van der Waals surface area contributed by atoms with Gasteiger partial charge < -0.3 is 10.1 Å². The van der Waals surface area contributed by atoms with Crippen LogP contribution >= 0.6 is 11.6 Å². The van der Waals surface area contributed by atoms with Crippen LogP contribution in [0, 0.1) is 0 Å². The standard InChI is InChI=1S/C10H12ClNO/c11-10(8-12-6-7-13-10)9-4-2-1-3-5-9/h1-5,12H,6-8H2. The van der Waals surface area contributed by atoms with Crippen molar-refractivity contribution in [1.29, 1.82) is 0 Å². The van der Waals surface area contributed by atoms with Gasteiger partial charge in [-0.1, -0.05) is 41.9 Å². The second-order valence-electron chi connectivity index (χ2n) is 3.12. The molecule has 0 amide bonds. The summed E-state index contributed by atoms with van der Waals surface area (Å²) in [5.41, 5.74) is 1.02. The van der Waals surface area contributed by atoms with E-state index in [1.807, 2.05) is 30.3 Å². The number of rotatable bonds is 1. The predicted octanol–water partition coefficient (Wildman–Crippen LogP) is 1.70. The number of alkyl halides is 1. The molecule has 13 heavy (non-hydrogen) atoms.